The van der Waals surface area contributed by atoms with Gasteiger partial charge in [-0.1, -0.05) is 23.9 Å². The summed E-state index contributed by atoms with van der Waals surface area (Å²) in [6, 6.07) is 7.43. The number of ether oxygens (including phenoxy) is 1. The van der Waals surface area contributed by atoms with Crippen molar-refractivity contribution in [3.63, 3.8) is 0 Å². The smallest absolute Gasteiger partial charge is 0.262 e. The van der Waals surface area contributed by atoms with Gasteiger partial charge in [0.2, 0.25) is 0 Å². The molecule has 0 bridgehead atoms. The molecule has 0 aliphatic heterocycles. The highest BCUT2D eigenvalue weighted by atomic mass is 32.2. The van der Waals surface area contributed by atoms with Gasteiger partial charge in [-0.3, -0.25) is 9.36 Å². The average Bonchev–Trinajstić information content (AvgIpc) is 2.98. The molecular formula is C16H17N3O2S2. The van der Waals surface area contributed by atoms with Crippen LogP contribution in [-0.2, 0) is 17.0 Å². The van der Waals surface area contributed by atoms with Crippen molar-refractivity contribution in [2.24, 2.45) is 0 Å². The minimum Gasteiger partial charge on any atom is -0.383 e. The molecule has 0 unspecified atom stereocenters. The molecule has 5 nitrogen and oxygen atoms in total. The summed E-state index contributed by atoms with van der Waals surface area (Å²) in [5, 5.41) is 4.43. The summed E-state index contributed by atoms with van der Waals surface area (Å²) in [6.07, 6.45) is 0. The monoisotopic (exact) mass is 347 g/mol. The van der Waals surface area contributed by atoms with Crippen LogP contribution in [0.2, 0.25) is 0 Å². The zero-order valence-electron chi connectivity index (χ0n) is 13.0. The molecule has 2 aromatic heterocycles. The quantitative estimate of drug-likeness (QED) is 0.506. The maximum Gasteiger partial charge on any atom is 0.262 e. The normalized spacial score (nSPS) is 11.2. The number of hydrogen-bond donors (Lipinski definition) is 0. The van der Waals surface area contributed by atoms with Gasteiger partial charge in [-0.05, 0) is 19.1 Å². The van der Waals surface area contributed by atoms with Crippen molar-refractivity contribution in [1.82, 2.24) is 14.5 Å². The molecule has 0 spiro atoms. The third-order valence-corrected chi connectivity index (χ3v) is 5.19. The molecule has 23 heavy (non-hydrogen) atoms. The van der Waals surface area contributed by atoms with E-state index in [1.807, 2.05) is 36.6 Å². The number of methoxy groups -OCH3 is 1. The second kappa shape index (κ2) is 7.25. The van der Waals surface area contributed by atoms with Crippen LogP contribution in [0.25, 0.3) is 10.9 Å². The van der Waals surface area contributed by atoms with Gasteiger partial charge in [0.15, 0.2) is 5.16 Å². The lowest BCUT2D eigenvalue weighted by Gasteiger charge is -2.12. The van der Waals surface area contributed by atoms with E-state index in [1.54, 1.807) is 23.0 Å². The number of benzene rings is 1. The van der Waals surface area contributed by atoms with Crippen LogP contribution in [0.15, 0.2) is 39.6 Å². The molecule has 0 aliphatic carbocycles. The molecule has 0 saturated heterocycles. The summed E-state index contributed by atoms with van der Waals surface area (Å²) in [4.78, 5) is 21.8. The van der Waals surface area contributed by atoms with E-state index in [0.29, 0.717) is 29.4 Å². The number of thioether (sulfide) groups is 1. The Balaban J connectivity index is 1.97. The SMILES string of the molecule is COCCn1c(SCc2csc(C)n2)nc2ccccc2c1=O. The van der Waals surface area contributed by atoms with Gasteiger partial charge in [-0.25, -0.2) is 9.97 Å². The zero-order valence-corrected chi connectivity index (χ0v) is 14.6. The number of fused-ring (bicyclic) bond motifs is 1. The molecule has 120 valence electrons. The molecule has 2 heterocycles. The van der Waals surface area contributed by atoms with E-state index in [0.717, 1.165) is 16.2 Å². The summed E-state index contributed by atoms with van der Waals surface area (Å²) in [7, 11) is 1.63. The van der Waals surface area contributed by atoms with Crippen molar-refractivity contribution >= 4 is 34.0 Å². The third kappa shape index (κ3) is 3.63. The predicted octanol–water partition coefficient (Wildman–Crippen LogP) is 3.10. The first-order valence-corrected chi connectivity index (χ1v) is 9.08. The van der Waals surface area contributed by atoms with E-state index in [-0.39, 0.29) is 5.56 Å². The van der Waals surface area contributed by atoms with Gasteiger partial charge in [-0.15, -0.1) is 11.3 Å². The molecule has 7 heteroatoms. The first-order chi connectivity index (χ1) is 11.2. The van der Waals surface area contributed by atoms with Crippen molar-refractivity contribution in [2.75, 3.05) is 13.7 Å². The molecule has 3 aromatic rings. The zero-order chi connectivity index (χ0) is 16.2. The summed E-state index contributed by atoms with van der Waals surface area (Å²) < 4.78 is 6.82. The van der Waals surface area contributed by atoms with Gasteiger partial charge >= 0.3 is 0 Å². The van der Waals surface area contributed by atoms with Gasteiger partial charge in [0, 0.05) is 18.2 Å². The Bertz CT molecular complexity index is 873. The Kier molecular flexibility index (Phi) is 5.09. The number of aromatic nitrogens is 3. The van der Waals surface area contributed by atoms with Crippen molar-refractivity contribution in [3.05, 3.63) is 50.7 Å². The van der Waals surface area contributed by atoms with Crippen LogP contribution in [0.1, 0.15) is 10.7 Å². The number of thiazole rings is 1. The van der Waals surface area contributed by atoms with Crippen LogP contribution < -0.4 is 5.56 Å². The summed E-state index contributed by atoms with van der Waals surface area (Å²) in [6.45, 7) is 2.95. The van der Waals surface area contributed by atoms with E-state index in [9.17, 15) is 4.79 Å². The fraction of sp³-hybridized carbons (Fsp3) is 0.312. The summed E-state index contributed by atoms with van der Waals surface area (Å²) in [5.74, 6) is 0.697. The maximum absolute atomic E-state index is 12.7. The molecule has 0 atom stereocenters. The number of rotatable bonds is 6. The van der Waals surface area contributed by atoms with Gasteiger partial charge in [0.05, 0.1) is 34.8 Å². The summed E-state index contributed by atoms with van der Waals surface area (Å²) >= 11 is 3.16. The first-order valence-electron chi connectivity index (χ1n) is 7.21. The molecule has 0 saturated carbocycles. The van der Waals surface area contributed by atoms with Crippen LogP contribution >= 0.6 is 23.1 Å². The van der Waals surface area contributed by atoms with Gasteiger partial charge in [0.25, 0.3) is 5.56 Å². The van der Waals surface area contributed by atoms with Crippen molar-refractivity contribution in [3.8, 4) is 0 Å². The largest absolute Gasteiger partial charge is 0.383 e. The highest BCUT2D eigenvalue weighted by molar-refractivity contribution is 7.98. The van der Waals surface area contributed by atoms with Crippen LogP contribution in [0, 0.1) is 6.92 Å². The molecular weight excluding hydrogens is 330 g/mol. The Hall–Kier alpha value is -1.70. The van der Waals surface area contributed by atoms with Crippen molar-refractivity contribution < 1.29 is 4.74 Å². The summed E-state index contributed by atoms with van der Waals surface area (Å²) in [5.41, 5.74) is 1.71. The van der Waals surface area contributed by atoms with E-state index in [4.69, 9.17) is 4.74 Å². The number of hydrogen-bond acceptors (Lipinski definition) is 6. The van der Waals surface area contributed by atoms with Crippen LogP contribution in [0.4, 0.5) is 0 Å². The minimum atomic E-state index is -0.0235. The van der Waals surface area contributed by atoms with Crippen LogP contribution in [0.3, 0.4) is 0 Å². The lowest BCUT2D eigenvalue weighted by molar-refractivity contribution is 0.183. The van der Waals surface area contributed by atoms with E-state index < -0.39 is 0 Å². The Morgan fingerprint density at radius 3 is 2.87 bits per heavy atom. The number of nitrogens with zero attached hydrogens (tertiary/aromatic N) is 3. The number of aryl methyl sites for hydroxylation is 1. The fourth-order valence-corrected chi connectivity index (χ4v) is 3.89. The molecule has 1 aromatic carbocycles. The van der Waals surface area contributed by atoms with E-state index in [2.05, 4.69) is 9.97 Å². The molecule has 0 aliphatic rings. The van der Waals surface area contributed by atoms with Gasteiger partial charge < -0.3 is 4.74 Å². The predicted molar refractivity (Wildman–Crippen MR) is 94.3 cm³/mol. The first kappa shape index (κ1) is 16.2. The Morgan fingerprint density at radius 1 is 1.30 bits per heavy atom. The van der Waals surface area contributed by atoms with Crippen molar-refractivity contribution in [2.45, 2.75) is 24.4 Å². The van der Waals surface area contributed by atoms with Crippen LogP contribution in [0.5, 0.6) is 0 Å². The number of para-hydroxylation sites is 1. The second-order valence-corrected chi connectivity index (χ2v) is 7.01. The van der Waals surface area contributed by atoms with Gasteiger partial charge in [0.1, 0.15) is 0 Å². The van der Waals surface area contributed by atoms with E-state index in [1.165, 1.54) is 11.8 Å². The molecule has 0 fully saturated rings. The lowest BCUT2D eigenvalue weighted by Crippen LogP contribution is -2.25. The highest BCUT2D eigenvalue weighted by Gasteiger charge is 2.12. The topological polar surface area (TPSA) is 57.0 Å². The molecule has 0 amide bonds. The molecule has 0 radical (unpaired) electrons. The van der Waals surface area contributed by atoms with Gasteiger partial charge in [-0.2, -0.15) is 0 Å². The van der Waals surface area contributed by atoms with Crippen LogP contribution in [-0.4, -0.2) is 28.3 Å². The standard InChI is InChI=1S/C16H17N3O2S2/c1-11-17-12(9-22-11)10-23-16-18-14-6-4-3-5-13(14)15(20)19(16)7-8-21-2/h3-6,9H,7-8,10H2,1-2H3. The lowest BCUT2D eigenvalue weighted by atomic mass is 10.2. The third-order valence-electron chi connectivity index (χ3n) is 3.36. The Morgan fingerprint density at radius 2 is 2.13 bits per heavy atom. The Labute approximate surface area is 142 Å². The minimum absolute atomic E-state index is 0.0235. The highest BCUT2D eigenvalue weighted by Crippen LogP contribution is 2.23. The maximum atomic E-state index is 12.7. The second-order valence-electron chi connectivity index (χ2n) is 5.01. The van der Waals surface area contributed by atoms with Crippen molar-refractivity contribution in [1.29, 1.82) is 0 Å². The van der Waals surface area contributed by atoms with E-state index >= 15 is 0 Å². The fourth-order valence-electron chi connectivity index (χ4n) is 2.25. The molecule has 3 rings (SSSR count). The average molecular weight is 347 g/mol. The molecule has 0 N–H and O–H groups in total.